The van der Waals surface area contributed by atoms with Gasteiger partial charge in [-0.2, -0.15) is 0 Å². The van der Waals surface area contributed by atoms with Crippen molar-refractivity contribution in [2.24, 2.45) is 23.7 Å². The standard InChI is InChI=1S/C60H102BrNO42/c1-15-29(72)45(23(10-67)89-52(15)62-28(71)5-61)98-53-16(2)30(73)48(26(13-70)94-53)101-58-44(87)49(102-60-51(41(84)36(79)22(9-66)93-60)104-55-18(4)32(75)47(25(12-69)96-55)100-57-43(86)39(82)34(77)20(7-64)91-57)37(80)27(97-58)14-88-59-50(40(83)35(78)21(8-65)92-59)103-54-17(3)31(74)46(24(11-68)95-54)99-56-42(85)38(81)33(76)19(6-63)90-56/h15-27,29-60,63-70,72-87H,5-14H2,1-4H3,(H,62,71)/t15-,16-,17?,18-,19?,20?,21?,22+,23?,24-,25?,26?,27?,29?,30?,31?,32?,33-,34-,35+,36+,37+,38?,39?,40?,41?,42-,43-,44+,45+,46+,47+,48+,49?,50+,51?,52+,53-,54-,55-,56-,57-,58-,59-,60+/m0/s1. The minimum absolute atomic E-state index is 0.127. The zero-order chi connectivity index (χ0) is 76.4. The molecule has 0 spiro atoms. The lowest BCUT2D eigenvalue weighted by molar-refractivity contribution is -0.402. The third kappa shape index (κ3) is 18.2. The molecule has 43 nitrogen and oxygen atoms in total. The van der Waals surface area contributed by atoms with Crippen LogP contribution in [0, 0.1) is 23.7 Å². The van der Waals surface area contributed by atoms with Crippen LogP contribution < -0.4 is 5.32 Å². The number of aliphatic hydroxyl groups is 24. The molecule has 18 unspecified atom stereocenters. The van der Waals surface area contributed by atoms with Gasteiger partial charge in [0.2, 0.25) is 5.91 Å². The van der Waals surface area contributed by atoms with Gasteiger partial charge in [0.05, 0.1) is 89.2 Å². The molecule has 9 aliphatic rings. The highest BCUT2D eigenvalue weighted by Crippen LogP contribution is 2.42. The SMILES string of the molecule is CC1C(O)[C@H](O[C@@H]2OC(CO)[C@H](O)C(O)[C@@H]2O)[C@H](CO)O[C@H]1O[C@@H]1C(O)[C@H](O)C(CO)O[C@@H]1OCC1O[C@@H](O[C@@H]2C(CO)O[C@@H](O[C@@H]3C(CO)O[C@@H](NC(=O)CBr)[C@@H](C)C3O)[C@@H](C)C2O)[C@H](O)C(O[C@H]2O[C@H](CO)[C@@H](O)C(O)C2O[C@@H]2OC(CO)[C@@H](O[C@@H]3OC(CO)[C@H](O)C(O)[C@@H]3O)C(O)[C@@H]2C)[C@@H]1O. The molecule has 25 N–H and O–H groups in total. The second-order valence-corrected chi connectivity index (χ2v) is 28.0. The molecule has 0 aliphatic carbocycles. The summed E-state index contributed by atoms with van der Waals surface area (Å²) in [6, 6.07) is 0. The number of nitrogens with one attached hydrogen (secondary N) is 1. The van der Waals surface area contributed by atoms with Gasteiger partial charge in [0.1, 0.15) is 177 Å². The number of halogens is 1. The summed E-state index contributed by atoms with van der Waals surface area (Å²) in [5.74, 6) is -5.24. The van der Waals surface area contributed by atoms with Crippen LogP contribution in [0.4, 0.5) is 0 Å². The van der Waals surface area contributed by atoms with Gasteiger partial charge in [0.15, 0.2) is 50.3 Å². The number of rotatable bonds is 27. The molecule has 0 saturated carbocycles. The van der Waals surface area contributed by atoms with Crippen molar-refractivity contribution in [1.29, 1.82) is 0 Å². The fourth-order valence-electron chi connectivity index (χ4n) is 13.9. The number of alkyl halides is 1. The average molecular weight is 1590 g/mol. The van der Waals surface area contributed by atoms with Crippen LogP contribution in [-0.2, 0) is 85.3 Å². The van der Waals surface area contributed by atoms with Gasteiger partial charge in [0, 0.05) is 23.7 Å². The fourth-order valence-corrected chi connectivity index (χ4v) is 14.1. The van der Waals surface area contributed by atoms with Crippen LogP contribution in [-0.4, -0.2) is 445 Å². The van der Waals surface area contributed by atoms with Gasteiger partial charge < -0.3 is 208 Å². The summed E-state index contributed by atoms with van der Waals surface area (Å²) in [6.07, 6.45) is -74.8. The maximum atomic E-state index is 12.5. The van der Waals surface area contributed by atoms with Crippen LogP contribution in [0.3, 0.4) is 0 Å². The summed E-state index contributed by atoms with van der Waals surface area (Å²) in [5.41, 5.74) is 0. The first-order valence-electron chi connectivity index (χ1n) is 34.1. The van der Waals surface area contributed by atoms with Crippen molar-refractivity contribution in [1.82, 2.24) is 5.32 Å². The maximum Gasteiger partial charge on any atom is 0.232 e. The third-order valence-corrected chi connectivity index (χ3v) is 21.1. The normalized spacial score (nSPS) is 52.0. The zero-order valence-corrected chi connectivity index (χ0v) is 58.1. The highest BCUT2D eigenvalue weighted by molar-refractivity contribution is 9.09. The first-order valence-corrected chi connectivity index (χ1v) is 35.2. The van der Waals surface area contributed by atoms with Crippen LogP contribution >= 0.6 is 15.9 Å². The van der Waals surface area contributed by atoms with E-state index in [9.17, 15) is 127 Å². The van der Waals surface area contributed by atoms with Crippen molar-refractivity contribution in [3.8, 4) is 0 Å². The number of amides is 1. The Balaban J connectivity index is 0.987. The molecule has 0 radical (unpaired) electrons. The van der Waals surface area contributed by atoms with E-state index in [0.717, 1.165) is 0 Å². The molecule has 9 fully saturated rings. The maximum absolute atomic E-state index is 12.5. The Labute approximate surface area is 601 Å². The Morgan fingerprint density at radius 3 is 0.933 bits per heavy atom. The molecular formula is C60H102BrNO42. The van der Waals surface area contributed by atoms with Gasteiger partial charge in [-0.25, -0.2) is 0 Å². The molecule has 0 aromatic rings. The smallest absolute Gasteiger partial charge is 0.232 e. The van der Waals surface area contributed by atoms with Gasteiger partial charge in [-0.1, -0.05) is 43.6 Å². The van der Waals surface area contributed by atoms with Crippen molar-refractivity contribution >= 4 is 21.8 Å². The fraction of sp³-hybridized carbons (Fsp3) is 0.983. The molecule has 606 valence electrons. The predicted molar refractivity (Wildman–Crippen MR) is 329 cm³/mol. The topological polar surface area (TPSA) is 672 Å². The Bertz CT molecular complexity index is 2600. The Hall–Kier alpha value is -1.69. The molecule has 1 amide bonds. The van der Waals surface area contributed by atoms with E-state index in [1.165, 1.54) is 27.7 Å². The van der Waals surface area contributed by atoms with Crippen molar-refractivity contribution in [2.75, 3.05) is 64.8 Å². The van der Waals surface area contributed by atoms with Gasteiger partial charge in [-0.05, 0) is 0 Å². The molecule has 104 heavy (non-hydrogen) atoms. The summed E-state index contributed by atoms with van der Waals surface area (Å²) in [5, 5.41) is 266. The van der Waals surface area contributed by atoms with Crippen LogP contribution in [0.1, 0.15) is 27.7 Å². The molecule has 0 aromatic heterocycles. The highest BCUT2D eigenvalue weighted by atomic mass is 79.9. The first-order chi connectivity index (χ1) is 49.4. The van der Waals surface area contributed by atoms with Crippen LogP contribution in [0.15, 0.2) is 0 Å². The molecule has 9 aliphatic heterocycles. The number of ether oxygens (including phenoxy) is 17. The number of aliphatic hydroxyl groups excluding tert-OH is 24. The molecule has 0 aromatic carbocycles. The van der Waals surface area contributed by atoms with Crippen LogP contribution in [0.2, 0.25) is 0 Å². The summed E-state index contributed by atoms with van der Waals surface area (Å²) >= 11 is 3.04. The first kappa shape index (κ1) is 86.3. The van der Waals surface area contributed by atoms with Gasteiger partial charge in [-0.15, -0.1) is 0 Å². The van der Waals surface area contributed by atoms with Crippen molar-refractivity contribution < 1.29 is 208 Å². The van der Waals surface area contributed by atoms with Crippen LogP contribution in [0.25, 0.3) is 0 Å². The largest absolute Gasteiger partial charge is 0.394 e. The predicted octanol–water partition coefficient (Wildman–Crippen LogP) is -15.0. The van der Waals surface area contributed by atoms with E-state index in [0.29, 0.717) is 0 Å². The summed E-state index contributed by atoms with van der Waals surface area (Å²) in [6.45, 7) is -2.98. The van der Waals surface area contributed by atoms with E-state index in [4.69, 9.17) is 80.5 Å². The molecule has 9 saturated heterocycles. The van der Waals surface area contributed by atoms with Crippen molar-refractivity contribution in [3.05, 3.63) is 0 Å². The van der Waals surface area contributed by atoms with Gasteiger partial charge >= 0.3 is 0 Å². The zero-order valence-electron chi connectivity index (χ0n) is 56.5. The average Bonchev–Trinajstić information content (AvgIpc) is 0.783. The van der Waals surface area contributed by atoms with Gasteiger partial charge in [0.25, 0.3) is 0 Å². The lowest BCUT2D eigenvalue weighted by Crippen LogP contribution is -2.68. The molecule has 9 heterocycles. The van der Waals surface area contributed by atoms with E-state index in [1.807, 2.05) is 0 Å². The van der Waals surface area contributed by atoms with E-state index in [2.05, 4.69) is 21.2 Å². The van der Waals surface area contributed by atoms with Crippen LogP contribution in [0.5, 0.6) is 0 Å². The molecular weight excluding hydrogens is 1490 g/mol. The Morgan fingerprint density at radius 2 is 0.558 bits per heavy atom. The quantitative estimate of drug-likeness (QED) is 0.0340. The van der Waals surface area contributed by atoms with Gasteiger partial charge in [-0.3, -0.25) is 4.79 Å². The molecule has 0 bridgehead atoms. The number of hydrogen-bond acceptors (Lipinski definition) is 42. The Morgan fingerprint density at radius 1 is 0.279 bits per heavy atom. The minimum atomic E-state index is -2.36. The second-order valence-electron chi connectivity index (χ2n) is 27.4. The lowest BCUT2D eigenvalue weighted by atomic mass is 9.89. The Kier molecular flexibility index (Phi) is 31.3. The minimum Gasteiger partial charge on any atom is -0.394 e. The van der Waals surface area contributed by atoms with E-state index in [1.54, 1.807) is 0 Å². The number of carbonyl (C=O) groups is 1. The highest BCUT2D eigenvalue weighted by Gasteiger charge is 2.60. The summed E-state index contributed by atoms with van der Waals surface area (Å²) in [4.78, 5) is 12.3. The second kappa shape index (κ2) is 37.8. The van der Waals surface area contributed by atoms with Crippen molar-refractivity contribution in [2.45, 2.75) is 280 Å². The van der Waals surface area contributed by atoms with E-state index < -0.39 is 341 Å². The van der Waals surface area contributed by atoms with Crippen molar-refractivity contribution in [3.63, 3.8) is 0 Å². The van der Waals surface area contributed by atoms with E-state index in [-0.39, 0.29) is 5.33 Å². The molecule has 45 atom stereocenters. The monoisotopic (exact) mass is 1590 g/mol. The lowest BCUT2D eigenvalue weighted by Gasteiger charge is -2.51. The molecule has 44 heteroatoms. The number of hydrogen-bond donors (Lipinski definition) is 25. The van der Waals surface area contributed by atoms with E-state index >= 15 is 0 Å². The number of carbonyl (C=O) groups excluding carboxylic acids is 1. The third-order valence-electron chi connectivity index (χ3n) is 20.6. The summed E-state index contributed by atoms with van der Waals surface area (Å²) in [7, 11) is 0. The summed E-state index contributed by atoms with van der Waals surface area (Å²) < 4.78 is 102. The molecule has 9 rings (SSSR count).